The molecule has 0 fully saturated rings. The van der Waals surface area contributed by atoms with Gasteiger partial charge in [0.05, 0.1) is 22.6 Å². The van der Waals surface area contributed by atoms with E-state index in [2.05, 4.69) is 9.71 Å². The van der Waals surface area contributed by atoms with Crippen LogP contribution < -0.4 is 14.4 Å². The van der Waals surface area contributed by atoms with Gasteiger partial charge >= 0.3 is 0 Å². The number of hydrogen-bond donors (Lipinski definition) is 1. The molecule has 1 amide bonds. The first kappa shape index (κ1) is 19.5. The summed E-state index contributed by atoms with van der Waals surface area (Å²) in [6, 6.07) is 5.82. The lowest BCUT2D eigenvalue weighted by Crippen LogP contribution is -2.51. The Morgan fingerprint density at radius 1 is 1.29 bits per heavy atom. The lowest BCUT2D eigenvalue weighted by molar-refractivity contribution is -0.385. The molecule has 148 valence electrons. The second-order valence-corrected chi connectivity index (χ2v) is 8.65. The highest BCUT2D eigenvalue weighted by molar-refractivity contribution is 7.92. The van der Waals surface area contributed by atoms with E-state index in [9.17, 15) is 23.3 Å². The predicted molar refractivity (Wildman–Crippen MR) is 102 cm³/mol. The van der Waals surface area contributed by atoms with Crippen LogP contribution in [0.15, 0.2) is 30.5 Å². The van der Waals surface area contributed by atoms with Gasteiger partial charge in [0.2, 0.25) is 10.0 Å². The maximum Gasteiger partial charge on any atom is 0.287 e. The Balaban J connectivity index is 2.15. The van der Waals surface area contributed by atoms with Gasteiger partial charge in [0, 0.05) is 12.1 Å². The summed E-state index contributed by atoms with van der Waals surface area (Å²) in [6.45, 7) is 4.76. The first-order chi connectivity index (χ1) is 12.9. The zero-order chi connectivity index (χ0) is 20.9. The van der Waals surface area contributed by atoms with Crippen LogP contribution in [0.4, 0.5) is 22.9 Å². The van der Waals surface area contributed by atoms with E-state index in [4.69, 9.17) is 4.74 Å². The van der Waals surface area contributed by atoms with Crippen molar-refractivity contribution in [3.05, 3.63) is 46.1 Å². The first-order valence-corrected chi connectivity index (χ1v) is 10.0. The highest BCUT2D eigenvalue weighted by Crippen LogP contribution is 2.43. The summed E-state index contributed by atoms with van der Waals surface area (Å²) in [5.74, 6) is 0.100. The van der Waals surface area contributed by atoms with Gasteiger partial charge in [-0.05, 0) is 38.5 Å². The molecule has 0 bridgehead atoms. The Hall–Kier alpha value is -3.21. The zero-order valence-corrected chi connectivity index (χ0v) is 16.4. The molecule has 0 radical (unpaired) electrons. The monoisotopic (exact) mass is 406 g/mol. The average molecular weight is 406 g/mol. The van der Waals surface area contributed by atoms with Gasteiger partial charge in [0.15, 0.2) is 5.60 Å². The van der Waals surface area contributed by atoms with Gasteiger partial charge in [-0.3, -0.25) is 24.5 Å². The maximum atomic E-state index is 13.0. The van der Waals surface area contributed by atoms with Gasteiger partial charge in [0.1, 0.15) is 17.8 Å². The van der Waals surface area contributed by atoms with E-state index in [1.165, 1.54) is 29.2 Å². The zero-order valence-electron chi connectivity index (χ0n) is 15.6. The van der Waals surface area contributed by atoms with Crippen LogP contribution in [0.25, 0.3) is 0 Å². The largest absolute Gasteiger partial charge is 0.476 e. The summed E-state index contributed by atoms with van der Waals surface area (Å²) in [7, 11) is -3.49. The number of aryl methyl sites for hydroxylation is 1. The molecule has 1 aliphatic heterocycles. The summed E-state index contributed by atoms with van der Waals surface area (Å²) in [5.41, 5.74) is -0.377. The number of carbonyl (C=O) groups excluding carboxylic acids is 1. The highest BCUT2D eigenvalue weighted by atomic mass is 32.2. The number of aromatic nitrogens is 1. The smallest absolute Gasteiger partial charge is 0.287 e. The van der Waals surface area contributed by atoms with E-state index in [0.717, 1.165) is 12.5 Å². The van der Waals surface area contributed by atoms with E-state index >= 15 is 0 Å². The molecule has 10 nitrogen and oxygen atoms in total. The van der Waals surface area contributed by atoms with Crippen LogP contribution in [0.3, 0.4) is 0 Å². The molecule has 0 saturated heterocycles. The van der Waals surface area contributed by atoms with Crippen molar-refractivity contribution >= 4 is 38.8 Å². The number of carbonyl (C=O) groups is 1. The minimum absolute atomic E-state index is 0.186. The van der Waals surface area contributed by atoms with Crippen molar-refractivity contribution in [1.82, 2.24) is 4.98 Å². The van der Waals surface area contributed by atoms with E-state index in [1.807, 2.05) is 0 Å². The van der Waals surface area contributed by atoms with E-state index in [0.29, 0.717) is 11.3 Å². The van der Waals surface area contributed by atoms with Crippen molar-refractivity contribution in [3.8, 4) is 5.75 Å². The third kappa shape index (κ3) is 3.60. The molecule has 0 aliphatic carbocycles. The van der Waals surface area contributed by atoms with Crippen LogP contribution in [0.1, 0.15) is 19.4 Å². The fraction of sp³-hybridized carbons (Fsp3) is 0.294. The van der Waals surface area contributed by atoms with E-state index in [1.54, 1.807) is 20.8 Å². The minimum Gasteiger partial charge on any atom is -0.476 e. The quantitative estimate of drug-likeness (QED) is 0.609. The number of fused-ring (bicyclic) bond motifs is 1. The number of sulfonamides is 1. The summed E-state index contributed by atoms with van der Waals surface area (Å²) in [4.78, 5) is 28.9. The third-order valence-corrected chi connectivity index (χ3v) is 4.65. The van der Waals surface area contributed by atoms with Gasteiger partial charge in [0.25, 0.3) is 11.6 Å². The predicted octanol–water partition coefficient (Wildman–Crippen LogP) is 2.51. The molecular weight excluding hydrogens is 388 g/mol. The second-order valence-electron chi connectivity index (χ2n) is 6.90. The Bertz CT molecular complexity index is 1100. The molecule has 28 heavy (non-hydrogen) atoms. The van der Waals surface area contributed by atoms with E-state index < -0.39 is 26.5 Å². The van der Waals surface area contributed by atoms with Gasteiger partial charge in [-0.2, -0.15) is 0 Å². The summed E-state index contributed by atoms with van der Waals surface area (Å²) in [6.07, 6.45) is 2.11. The van der Waals surface area contributed by atoms with Crippen molar-refractivity contribution < 1.29 is 22.9 Å². The Morgan fingerprint density at radius 2 is 1.96 bits per heavy atom. The molecule has 1 aromatic carbocycles. The lowest BCUT2D eigenvalue weighted by atomic mass is 10.0. The van der Waals surface area contributed by atoms with Crippen molar-refractivity contribution in [3.63, 3.8) is 0 Å². The SMILES string of the molecule is Cc1cc([N+](=O)[O-])cnc1N1C(=O)C(C)(C)Oc2cc(NS(C)(=O)=O)ccc21. The third-order valence-electron chi connectivity index (χ3n) is 4.05. The molecule has 2 heterocycles. The average Bonchev–Trinajstić information content (AvgIpc) is 2.55. The van der Waals surface area contributed by atoms with Crippen LogP contribution in [0.2, 0.25) is 0 Å². The van der Waals surface area contributed by atoms with E-state index in [-0.39, 0.29) is 22.9 Å². The maximum absolute atomic E-state index is 13.0. The Kier molecular flexibility index (Phi) is 4.50. The molecule has 0 saturated carbocycles. The molecular formula is C17H18N4O6S. The van der Waals surface area contributed by atoms with Crippen LogP contribution in [-0.4, -0.2) is 36.1 Å². The number of pyridine rings is 1. The Labute approximate surface area is 161 Å². The van der Waals surface area contributed by atoms with Crippen LogP contribution in [0, 0.1) is 17.0 Å². The molecule has 2 aromatic rings. The topological polar surface area (TPSA) is 132 Å². The number of nitro groups is 1. The molecule has 1 aromatic heterocycles. The number of anilines is 3. The normalized spacial score (nSPS) is 15.6. The van der Waals surface area contributed by atoms with Crippen molar-refractivity contribution in [1.29, 1.82) is 0 Å². The van der Waals surface area contributed by atoms with Gasteiger partial charge in [-0.15, -0.1) is 0 Å². The molecule has 0 unspecified atom stereocenters. The van der Waals surface area contributed by atoms with Gasteiger partial charge in [-0.25, -0.2) is 13.4 Å². The molecule has 0 atom stereocenters. The van der Waals surface area contributed by atoms with Crippen LogP contribution in [0.5, 0.6) is 5.75 Å². The van der Waals surface area contributed by atoms with Gasteiger partial charge in [-0.1, -0.05) is 0 Å². The molecule has 0 spiro atoms. The number of amides is 1. The van der Waals surface area contributed by atoms with Crippen molar-refractivity contribution in [2.75, 3.05) is 15.9 Å². The fourth-order valence-corrected chi connectivity index (χ4v) is 3.41. The Morgan fingerprint density at radius 3 is 2.54 bits per heavy atom. The summed E-state index contributed by atoms with van der Waals surface area (Å²) < 4.78 is 31.1. The lowest BCUT2D eigenvalue weighted by Gasteiger charge is -2.38. The second kappa shape index (κ2) is 6.44. The number of hydrogen-bond acceptors (Lipinski definition) is 7. The van der Waals surface area contributed by atoms with Crippen molar-refractivity contribution in [2.45, 2.75) is 26.4 Å². The number of ether oxygens (including phenoxy) is 1. The van der Waals surface area contributed by atoms with Gasteiger partial charge < -0.3 is 4.74 Å². The molecule has 11 heteroatoms. The highest BCUT2D eigenvalue weighted by Gasteiger charge is 2.43. The number of rotatable bonds is 4. The van der Waals surface area contributed by atoms with Crippen LogP contribution >= 0.6 is 0 Å². The van der Waals surface area contributed by atoms with Crippen LogP contribution in [-0.2, 0) is 14.8 Å². The number of nitrogens with zero attached hydrogens (tertiary/aromatic N) is 3. The fourth-order valence-electron chi connectivity index (χ4n) is 2.85. The summed E-state index contributed by atoms with van der Waals surface area (Å²) in [5, 5.41) is 11.0. The number of nitrogens with one attached hydrogen (secondary N) is 1. The molecule has 3 rings (SSSR count). The standard InChI is InChI=1S/C17H18N4O6S/c1-10-7-12(21(23)24)9-18-15(10)20-13-6-5-11(19-28(4,25)26)8-14(13)27-17(2,3)16(20)22/h5-9,19H,1-4H3. The molecule has 1 aliphatic rings. The van der Waals surface area contributed by atoms with Crippen molar-refractivity contribution in [2.24, 2.45) is 0 Å². The summed E-state index contributed by atoms with van der Waals surface area (Å²) >= 11 is 0. The minimum atomic E-state index is -3.49. The number of benzene rings is 1. The first-order valence-electron chi connectivity index (χ1n) is 8.15. The molecule has 1 N–H and O–H groups in total.